The Kier molecular flexibility index (Phi) is 5.38. The Balaban J connectivity index is 1.93. The summed E-state index contributed by atoms with van der Waals surface area (Å²) in [6.07, 6.45) is 2.80. The average molecular weight is 292 g/mol. The van der Waals surface area contributed by atoms with Gasteiger partial charge in [0.1, 0.15) is 0 Å². The van der Waals surface area contributed by atoms with Crippen LogP contribution in [0.5, 0.6) is 11.5 Å². The molecular weight excluding hydrogens is 272 g/mol. The average Bonchev–Trinajstić information content (AvgIpc) is 2.99. The van der Waals surface area contributed by atoms with Crippen LogP contribution in [0.4, 0.5) is 0 Å². The van der Waals surface area contributed by atoms with Crippen LogP contribution in [0.1, 0.15) is 23.5 Å². The first-order valence-corrected chi connectivity index (χ1v) is 7.46. The predicted octanol–water partition coefficient (Wildman–Crippen LogP) is 3.05. The molecular formula is C15H20N2O2S. The Hall–Kier alpha value is -1.59. The van der Waals surface area contributed by atoms with Crippen LogP contribution in [0.2, 0.25) is 0 Å². The van der Waals surface area contributed by atoms with Crippen LogP contribution in [-0.4, -0.2) is 25.7 Å². The third-order valence-electron chi connectivity index (χ3n) is 3.18. The van der Waals surface area contributed by atoms with E-state index >= 15 is 0 Å². The largest absolute Gasteiger partial charge is 0.493 e. The standard InChI is InChI=1S/C15H20N2O2S/c1-11(16-7-6-15-17-8-9-20-15)12-4-5-13(18-2)14(10-12)19-3/h4-5,8-11,16H,6-7H2,1-3H3. The second kappa shape index (κ2) is 7.26. The summed E-state index contributed by atoms with van der Waals surface area (Å²) in [6.45, 7) is 3.05. The van der Waals surface area contributed by atoms with Crippen molar-refractivity contribution in [3.8, 4) is 11.5 Å². The van der Waals surface area contributed by atoms with Gasteiger partial charge in [-0.15, -0.1) is 11.3 Å². The third kappa shape index (κ3) is 3.71. The first-order chi connectivity index (χ1) is 9.74. The van der Waals surface area contributed by atoms with E-state index in [0.29, 0.717) is 0 Å². The van der Waals surface area contributed by atoms with Crippen molar-refractivity contribution < 1.29 is 9.47 Å². The number of methoxy groups -OCH3 is 2. The topological polar surface area (TPSA) is 43.4 Å². The fraction of sp³-hybridized carbons (Fsp3) is 0.400. The van der Waals surface area contributed by atoms with Gasteiger partial charge in [0.05, 0.1) is 19.2 Å². The van der Waals surface area contributed by atoms with E-state index in [1.54, 1.807) is 25.6 Å². The minimum atomic E-state index is 0.259. The van der Waals surface area contributed by atoms with Crippen molar-refractivity contribution in [2.24, 2.45) is 0 Å². The van der Waals surface area contributed by atoms with Crippen LogP contribution in [-0.2, 0) is 6.42 Å². The van der Waals surface area contributed by atoms with Gasteiger partial charge in [0.15, 0.2) is 11.5 Å². The van der Waals surface area contributed by atoms with Gasteiger partial charge in [0.2, 0.25) is 0 Å². The maximum absolute atomic E-state index is 5.33. The van der Waals surface area contributed by atoms with E-state index in [1.165, 1.54) is 5.56 Å². The summed E-state index contributed by atoms with van der Waals surface area (Å²) in [6, 6.07) is 6.27. The van der Waals surface area contributed by atoms with Gasteiger partial charge in [-0.1, -0.05) is 6.07 Å². The number of hydrogen-bond donors (Lipinski definition) is 1. The van der Waals surface area contributed by atoms with Crippen LogP contribution in [0.15, 0.2) is 29.8 Å². The Morgan fingerprint density at radius 1 is 1.25 bits per heavy atom. The molecule has 0 spiro atoms. The quantitative estimate of drug-likeness (QED) is 0.852. The van der Waals surface area contributed by atoms with Gasteiger partial charge in [0, 0.05) is 30.6 Å². The van der Waals surface area contributed by atoms with E-state index in [-0.39, 0.29) is 6.04 Å². The van der Waals surface area contributed by atoms with Crippen molar-refractivity contribution in [3.63, 3.8) is 0 Å². The highest BCUT2D eigenvalue weighted by Gasteiger charge is 2.09. The molecule has 1 N–H and O–H groups in total. The molecule has 0 radical (unpaired) electrons. The second-order valence-corrected chi connectivity index (χ2v) is 5.45. The molecule has 0 aliphatic carbocycles. The third-order valence-corrected chi connectivity index (χ3v) is 4.02. The van der Waals surface area contributed by atoms with Crippen LogP contribution in [0.3, 0.4) is 0 Å². The van der Waals surface area contributed by atoms with Crippen molar-refractivity contribution in [1.82, 2.24) is 10.3 Å². The van der Waals surface area contributed by atoms with Crippen LogP contribution >= 0.6 is 11.3 Å². The molecule has 0 aliphatic rings. The molecule has 0 saturated carbocycles. The Morgan fingerprint density at radius 2 is 2.05 bits per heavy atom. The highest BCUT2D eigenvalue weighted by Crippen LogP contribution is 2.29. The highest BCUT2D eigenvalue weighted by molar-refractivity contribution is 7.09. The molecule has 0 aliphatic heterocycles. The zero-order valence-corrected chi connectivity index (χ0v) is 12.9. The normalized spacial score (nSPS) is 12.2. The first-order valence-electron chi connectivity index (χ1n) is 6.58. The van der Waals surface area contributed by atoms with Crippen LogP contribution in [0, 0.1) is 0 Å². The number of aromatic nitrogens is 1. The van der Waals surface area contributed by atoms with Crippen molar-refractivity contribution >= 4 is 11.3 Å². The lowest BCUT2D eigenvalue weighted by Crippen LogP contribution is -2.21. The molecule has 1 aromatic heterocycles. The summed E-state index contributed by atoms with van der Waals surface area (Å²) in [5.74, 6) is 1.52. The monoisotopic (exact) mass is 292 g/mol. The van der Waals surface area contributed by atoms with Gasteiger partial charge in [-0.3, -0.25) is 0 Å². The predicted molar refractivity (Wildman–Crippen MR) is 81.8 cm³/mol. The number of ether oxygens (including phenoxy) is 2. The van der Waals surface area contributed by atoms with E-state index in [0.717, 1.165) is 29.5 Å². The minimum Gasteiger partial charge on any atom is -0.493 e. The SMILES string of the molecule is COc1ccc(C(C)NCCc2nccs2)cc1OC. The maximum Gasteiger partial charge on any atom is 0.161 e. The lowest BCUT2D eigenvalue weighted by atomic mass is 10.1. The molecule has 4 nitrogen and oxygen atoms in total. The van der Waals surface area contributed by atoms with Gasteiger partial charge in [-0.25, -0.2) is 4.98 Å². The Labute approximate surface area is 123 Å². The lowest BCUT2D eigenvalue weighted by molar-refractivity contribution is 0.354. The first kappa shape index (κ1) is 14.8. The molecule has 1 aromatic carbocycles. The van der Waals surface area contributed by atoms with Crippen molar-refractivity contribution in [2.45, 2.75) is 19.4 Å². The molecule has 2 aromatic rings. The van der Waals surface area contributed by atoms with Crippen LogP contribution in [0.25, 0.3) is 0 Å². The second-order valence-electron chi connectivity index (χ2n) is 4.47. The van der Waals surface area contributed by atoms with Gasteiger partial charge >= 0.3 is 0 Å². The summed E-state index contributed by atoms with van der Waals surface area (Å²) in [4.78, 5) is 4.28. The molecule has 0 fully saturated rings. The van der Waals surface area contributed by atoms with Crippen molar-refractivity contribution in [2.75, 3.05) is 20.8 Å². The van der Waals surface area contributed by atoms with E-state index in [9.17, 15) is 0 Å². The smallest absolute Gasteiger partial charge is 0.161 e. The molecule has 0 bridgehead atoms. The van der Waals surface area contributed by atoms with Crippen molar-refractivity contribution in [1.29, 1.82) is 0 Å². The van der Waals surface area contributed by atoms with E-state index in [2.05, 4.69) is 23.3 Å². The molecule has 0 saturated heterocycles. The van der Waals surface area contributed by atoms with Gasteiger partial charge in [-0.05, 0) is 24.6 Å². The van der Waals surface area contributed by atoms with Gasteiger partial charge < -0.3 is 14.8 Å². The minimum absolute atomic E-state index is 0.259. The molecule has 108 valence electrons. The summed E-state index contributed by atoms with van der Waals surface area (Å²) >= 11 is 1.69. The zero-order chi connectivity index (χ0) is 14.4. The van der Waals surface area contributed by atoms with E-state index in [4.69, 9.17) is 9.47 Å². The molecule has 1 unspecified atom stereocenters. The van der Waals surface area contributed by atoms with E-state index in [1.807, 2.05) is 23.7 Å². The summed E-state index contributed by atoms with van der Waals surface area (Å²) in [5.41, 5.74) is 1.18. The number of rotatable bonds is 7. The van der Waals surface area contributed by atoms with Crippen molar-refractivity contribution in [3.05, 3.63) is 40.3 Å². The summed E-state index contributed by atoms with van der Waals surface area (Å²) in [5, 5.41) is 6.67. The molecule has 1 heterocycles. The summed E-state index contributed by atoms with van der Waals surface area (Å²) < 4.78 is 10.6. The van der Waals surface area contributed by atoms with Crippen LogP contribution < -0.4 is 14.8 Å². The fourth-order valence-electron chi connectivity index (χ4n) is 2.01. The Bertz CT molecular complexity index is 529. The molecule has 1 atom stereocenters. The number of nitrogens with zero attached hydrogens (tertiary/aromatic N) is 1. The number of thiazole rings is 1. The lowest BCUT2D eigenvalue weighted by Gasteiger charge is -2.16. The number of benzene rings is 1. The molecule has 20 heavy (non-hydrogen) atoms. The molecule has 5 heteroatoms. The van der Waals surface area contributed by atoms with Gasteiger partial charge in [-0.2, -0.15) is 0 Å². The Morgan fingerprint density at radius 3 is 2.70 bits per heavy atom. The fourth-order valence-corrected chi connectivity index (χ4v) is 2.63. The number of hydrogen-bond acceptors (Lipinski definition) is 5. The van der Waals surface area contributed by atoms with Gasteiger partial charge in [0.25, 0.3) is 0 Å². The molecule has 2 rings (SSSR count). The van der Waals surface area contributed by atoms with E-state index < -0.39 is 0 Å². The maximum atomic E-state index is 5.33. The summed E-state index contributed by atoms with van der Waals surface area (Å²) in [7, 11) is 3.30. The molecule has 0 amide bonds. The zero-order valence-electron chi connectivity index (χ0n) is 12.1. The number of nitrogens with one attached hydrogen (secondary N) is 1. The highest BCUT2D eigenvalue weighted by atomic mass is 32.1.